The van der Waals surface area contributed by atoms with Gasteiger partial charge in [-0.3, -0.25) is 9.59 Å². The van der Waals surface area contributed by atoms with Gasteiger partial charge < -0.3 is 15.1 Å². The second-order valence-electron chi connectivity index (χ2n) is 7.05. The molecular formula is C19H27N3O4S2. The van der Waals surface area contributed by atoms with Crippen LogP contribution >= 0.6 is 11.8 Å². The summed E-state index contributed by atoms with van der Waals surface area (Å²) in [6, 6.07) is 4.81. The highest BCUT2D eigenvalue weighted by molar-refractivity contribution is 8.01. The molecule has 2 amide bonds. The number of nitrogens with one attached hydrogen (secondary N) is 1. The van der Waals surface area contributed by atoms with E-state index >= 15 is 0 Å². The molecule has 1 atom stereocenters. The zero-order chi connectivity index (χ0) is 20.3. The van der Waals surface area contributed by atoms with Crippen LogP contribution in [-0.4, -0.2) is 73.8 Å². The van der Waals surface area contributed by atoms with Crippen LogP contribution in [0, 0.1) is 0 Å². The largest absolute Gasteiger partial charge is 0.340 e. The van der Waals surface area contributed by atoms with Gasteiger partial charge in [-0.25, -0.2) is 8.42 Å². The lowest BCUT2D eigenvalue weighted by molar-refractivity contribution is -0.132. The van der Waals surface area contributed by atoms with E-state index in [4.69, 9.17) is 0 Å². The maximum absolute atomic E-state index is 12.7. The Balaban J connectivity index is 1.63. The van der Waals surface area contributed by atoms with Crippen LogP contribution < -0.4 is 5.32 Å². The first-order valence-electron chi connectivity index (χ1n) is 9.68. The van der Waals surface area contributed by atoms with Crippen molar-refractivity contribution in [1.82, 2.24) is 9.80 Å². The van der Waals surface area contributed by atoms with Crippen molar-refractivity contribution < 1.29 is 18.0 Å². The monoisotopic (exact) mass is 425 g/mol. The number of benzene rings is 1. The Morgan fingerprint density at radius 1 is 1.21 bits per heavy atom. The molecule has 154 valence electrons. The van der Waals surface area contributed by atoms with E-state index in [1.807, 2.05) is 6.92 Å². The summed E-state index contributed by atoms with van der Waals surface area (Å²) in [5, 5.41) is 2.64. The summed E-state index contributed by atoms with van der Waals surface area (Å²) in [4.78, 5) is 29.5. The molecule has 2 aliphatic rings. The number of carbonyl (C=O) groups excluding carboxylic acids is 2. The number of sulfone groups is 1. The van der Waals surface area contributed by atoms with Gasteiger partial charge in [-0.15, -0.1) is 11.8 Å². The fourth-order valence-electron chi connectivity index (χ4n) is 3.40. The number of nitrogens with zero attached hydrogens (tertiary/aromatic N) is 2. The summed E-state index contributed by atoms with van der Waals surface area (Å²) in [5.41, 5.74) is 0.530. The van der Waals surface area contributed by atoms with Gasteiger partial charge in [-0.2, -0.15) is 0 Å². The topological polar surface area (TPSA) is 86.8 Å². The van der Waals surface area contributed by atoms with Gasteiger partial charge in [0.25, 0.3) is 0 Å². The normalized spacial score (nSPS) is 20.6. The summed E-state index contributed by atoms with van der Waals surface area (Å²) in [7, 11) is -3.60. The fourth-order valence-corrected chi connectivity index (χ4v) is 5.68. The molecule has 1 N–H and O–H groups in total. The summed E-state index contributed by atoms with van der Waals surface area (Å²) >= 11 is 1.45. The number of carbonyl (C=O) groups is 2. The van der Waals surface area contributed by atoms with E-state index in [1.54, 1.807) is 17.0 Å². The molecule has 0 spiro atoms. The molecular weight excluding hydrogens is 398 g/mol. The van der Waals surface area contributed by atoms with Crippen LogP contribution in [0.5, 0.6) is 0 Å². The highest BCUT2D eigenvalue weighted by Gasteiger charge is 2.28. The first-order valence-corrected chi connectivity index (χ1v) is 12.2. The van der Waals surface area contributed by atoms with Gasteiger partial charge in [-0.05, 0) is 31.2 Å². The molecule has 28 heavy (non-hydrogen) atoms. The molecule has 0 unspecified atom stereocenters. The molecule has 1 fully saturated rings. The molecule has 9 heteroatoms. The molecule has 1 aromatic carbocycles. The lowest BCUT2D eigenvalue weighted by Crippen LogP contribution is -2.48. The lowest BCUT2D eigenvalue weighted by atomic mass is 10.2. The van der Waals surface area contributed by atoms with Crippen molar-refractivity contribution in [3.05, 3.63) is 18.2 Å². The van der Waals surface area contributed by atoms with Gasteiger partial charge >= 0.3 is 0 Å². The number of amides is 2. The van der Waals surface area contributed by atoms with Crippen LogP contribution in [0.1, 0.15) is 26.7 Å². The van der Waals surface area contributed by atoms with Crippen LogP contribution in [0.3, 0.4) is 0 Å². The average Bonchev–Trinajstić information content (AvgIpc) is 2.71. The SMILES string of the molecule is CC[C@@H]1Sc2ccc(S(=O)(=O)CCC(=O)N3CCN(CC)CC3)cc2NC1=O. The van der Waals surface area contributed by atoms with Gasteiger partial charge in [0.2, 0.25) is 11.8 Å². The highest BCUT2D eigenvalue weighted by Crippen LogP contribution is 2.38. The molecule has 0 bridgehead atoms. The summed E-state index contributed by atoms with van der Waals surface area (Å²) in [5.74, 6) is -0.444. The number of hydrogen-bond acceptors (Lipinski definition) is 6. The van der Waals surface area contributed by atoms with Gasteiger partial charge in [0, 0.05) is 37.5 Å². The standard InChI is InChI=1S/C19H27N3O4S2/c1-3-16-19(24)20-15-13-14(5-6-17(15)27-16)28(25,26)12-7-18(23)22-10-8-21(4-2)9-11-22/h5-6,13,16H,3-4,7-12H2,1-2H3,(H,20,24)/t16-/m0/s1. The average molecular weight is 426 g/mol. The predicted molar refractivity (Wildman–Crippen MR) is 110 cm³/mol. The van der Waals surface area contributed by atoms with Crippen LogP contribution in [-0.2, 0) is 19.4 Å². The van der Waals surface area contributed by atoms with Crippen LogP contribution in [0.15, 0.2) is 28.0 Å². The third-order valence-corrected chi connectivity index (χ3v) is 8.41. The highest BCUT2D eigenvalue weighted by atomic mass is 32.2. The smallest absolute Gasteiger partial charge is 0.237 e. The van der Waals surface area contributed by atoms with Crippen molar-refractivity contribution in [3.63, 3.8) is 0 Å². The summed E-state index contributed by atoms with van der Waals surface area (Å²) < 4.78 is 25.4. The molecule has 2 aliphatic heterocycles. The Morgan fingerprint density at radius 3 is 2.57 bits per heavy atom. The summed E-state index contributed by atoms with van der Waals surface area (Å²) in [6.07, 6.45) is 0.690. The predicted octanol–water partition coefficient (Wildman–Crippen LogP) is 1.84. The molecule has 0 aromatic heterocycles. The van der Waals surface area contributed by atoms with Crippen LogP contribution in [0.2, 0.25) is 0 Å². The van der Waals surface area contributed by atoms with E-state index in [2.05, 4.69) is 17.1 Å². The minimum atomic E-state index is -3.60. The van der Waals surface area contributed by atoms with Gasteiger partial charge in [0.05, 0.1) is 21.6 Å². The molecule has 0 saturated carbocycles. The van der Waals surface area contributed by atoms with Gasteiger partial charge in [0.1, 0.15) is 0 Å². The number of piperazine rings is 1. The zero-order valence-electron chi connectivity index (χ0n) is 16.3. The third-order valence-electron chi connectivity index (χ3n) is 5.26. The molecule has 1 saturated heterocycles. The van der Waals surface area contributed by atoms with Crippen LogP contribution in [0.25, 0.3) is 0 Å². The van der Waals surface area contributed by atoms with E-state index in [9.17, 15) is 18.0 Å². The Hall–Kier alpha value is -1.58. The Kier molecular flexibility index (Phi) is 6.67. The maximum Gasteiger partial charge on any atom is 0.237 e. The molecule has 2 heterocycles. The number of anilines is 1. The molecule has 1 aromatic rings. The van der Waals surface area contributed by atoms with Crippen molar-refractivity contribution in [2.75, 3.05) is 43.8 Å². The molecule has 3 rings (SSSR count). The van der Waals surface area contributed by atoms with Gasteiger partial charge in [0.15, 0.2) is 9.84 Å². The van der Waals surface area contributed by atoms with E-state index in [0.29, 0.717) is 25.2 Å². The molecule has 7 nitrogen and oxygen atoms in total. The quantitative estimate of drug-likeness (QED) is 0.748. The van der Waals surface area contributed by atoms with Crippen molar-refractivity contribution in [2.24, 2.45) is 0 Å². The second kappa shape index (κ2) is 8.84. The molecule has 0 aliphatic carbocycles. The molecule has 0 radical (unpaired) electrons. The van der Waals surface area contributed by atoms with E-state index < -0.39 is 9.84 Å². The van der Waals surface area contributed by atoms with Crippen molar-refractivity contribution in [2.45, 2.75) is 41.7 Å². The van der Waals surface area contributed by atoms with E-state index in [0.717, 1.165) is 24.5 Å². The van der Waals surface area contributed by atoms with Crippen molar-refractivity contribution in [3.8, 4) is 0 Å². The number of fused-ring (bicyclic) bond motifs is 1. The Bertz CT molecular complexity index is 849. The van der Waals surface area contributed by atoms with Crippen molar-refractivity contribution in [1.29, 1.82) is 0 Å². The first kappa shape index (κ1) is 21.1. The minimum Gasteiger partial charge on any atom is -0.340 e. The Morgan fingerprint density at radius 2 is 1.93 bits per heavy atom. The van der Waals surface area contributed by atoms with E-state index in [-0.39, 0.29) is 34.1 Å². The number of thioether (sulfide) groups is 1. The van der Waals surface area contributed by atoms with Gasteiger partial charge in [-0.1, -0.05) is 13.8 Å². The van der Waals surface area contributed by atoms with Crippen LogP contribution in [0.4, 0.5) is 5.69 Å². The lowest BCUT2D eigenvalue weighted by Gasteiger charge is -2.34. The minimum absolute atomic E-state index is 0.0233. The fraction of sp³-hybridized carbons (Fsp3) is 0.579. The Labute approximate surface area is 170 Å². The maximum atomic E-state index is 12.7. The first-order chi connectivity index (χ1) is 13.3. The third kappa shape index (κ3) is 4.69. The number of hydrogen-bond donors (Lipinski definition) is 1. The second-order valence-corrected chi connectivity index (χ2v) is 10.4. The van der Waals surface area contributed by atoms with Crippen molar-refractivity contribution >= 4 is 39.1 Å². The summed E-state index contributed by atoms with van der Waals surface area (Å²) in [6.45, 7) is 7.95. The zero-order valence-corrected chi connectivity index (χ0v) is 17.9. The van der Waals surface area contributed by atoms with E-state index in [1.165, 1.54) is 17.8 Å². The number of rotatable bonds is 6. The number of likely N-dealkylation sites (N-methyl/N-ethyl adjacent to an activating group) is 1.